The highest BCUT2D eigenvalue weighted by Gasteiger charge is 2.35. The van der Waals surface area contributed by atoms with Gasteiger partial charge in [0.15, 0.2) is 0 Å². The van der Waals surface area contributed by atoms with Crippen LogP contribution in [0.5, 0.6) is 0 Å². The molecule has 0 aliphatic carbocycles. The van der Waals surface area contributed by atoms with Gasteiger partial charge in [0.2, 0.25) is 0 Å². The van der Waals surface area contributed by atoms with Crippen LogP contribution in [-0.2, 0) is 11.0 Å². The fourth-order valence-corrected chi connectivity index (χ4v) is 2.24. The van der Waals surface area contributed by atoms with Crippen LogP contribution in [0.1, 0.15) is 29.9 Å². The summed E-state index contributed by atoms with van der Waals surface area (Å²) in [6, 6.07) is 5.09. The fourth-order valence-electron chi connectivity index (χ4n) is 2.24. The molecule has 2 rings (SSSR count). The summed E-state index contributed by atoms with van der Waals surface area (Å²) in [5.41, 5.74) is -0.898. The van der Waals surface area contributed by atoms with Crippen LogP contribution in [0.15, 0.2) is 36.5 Å². The number of carbonyl (C=O) groups excluding carboxylic acids is 1. The van der Waals surface area contributed by atoms with Gasteiger partial charge in [-0.25, -0.2) is 9.48 Å². The van der Waals surface area contributed by atoms with E-state index in [1.165, 1.54) is 24.3 Å². The van der Waals surface area contributed by atoms with Gasteiger partial charge in [-0.3, -0.25) is 4.79 Å². The number of nitrogens with one attached hydrogen (secondary N) is 1. The van der Waals surface area contributed by atoms with Crippen molar-refractivity contribution in [1.82, 2.24) is 15.1 Å². The van der Waals surface area contributed by atoms with Crippen LogP contribution in [0, 0.1) is 5.92 Å². The summed E-state index contributed by atoms with van der Waals surface area (Å²) in [6.45, 7) is 3.27. The molecule has 0 aliphatic heterocycles. The third-order valence-electron chi connectivity index (χ3n) is 3.51. The topological polar surface area (TPSA) is 84.2 Å². The zero-order chi connectivity index (χ0) is 18.8. The summed E-state index contributed by atoms with van der Waals surface area (Å²) in [7, 11) is 0. The van der Waals surface area contributed by atoms with Gasteiger partial charge in [0.25, 0.3) is 5.91 Å². The van der Waals surface area contributed by atoms with Gasteiger partial charge in [0.05, 0.1) is 11.9 Å². The van der Waals surface area contributed by atoms with E-state index in [0.717, 1.165) is 12.3 Å². The average molecular weight is 355 g/mol. The summed E-state index contributed by atoms with van der Waals surface area (Å²) < 4.78 is 39.6. The number of carboxylic acid groups (broad SMARTS) is 1. The van der Waals surface area contributed by atoms with E-state index in [9.17, 15) is 22.8 Å². The van der Waals surface area contributed by atoms with E-state index in [1.807, 2.05) is 0 Å². The van der Waals surface area contributed by atoms with E-state index in [0.29, 0.717) is 4.68 Å². The second-order valence-corrected chi connectivity index (χ2v) is 5.71. The first-order chi connectivity index (χ1) is 11.6. The van der Waals surface area contributed by atoms with Gasteiger partial charge < -0.3 is 10.4 Å². The molecule has 0 saturated heterocycles. The third kappa shape index (κ3) is 4.17. The molecule has 0 unspecified atom stereocenters. The fraction of sp³-hybridized carbons (Fsp3) is 0.312. The van der Waals surface area contributed by atoms with Crippen LogP contribution in [0.4, 0.5) is 13.2 Å². The lowest BCUT2D eigenvalue weighted by atomic mass is 10.0. The molecule has 0 fully saturated rings. The molecule has 134 valence electrons. The van der Waals surface area contributed by atoms with E-state index in [1.54, 1.807) is 13.8 Å². The summed E-state index contributed by atoms with van der Waals surface area (Å²) in [5, 5.41) is 15.1. The lowest BCUT2D eigenvalue weighted by molar-refractivity contribution is -0.143. The normalized spacial score (nSPS) is 12.9. The minimum Gasteiger partial charge on any atom is -0.480 e. The number of aromatic nitrogens is 2. The van der Waals surface area contributed by atoms with Crippen LogP contribution in [0.3, 0.4) is 0 Å². The number of nitrogens with zero attached hydrogens (tertiary/aromatic N) is 2. The van der Waals surface area contributed by atoms with Crippen LogP contribution in [0.2, 0.25) is 0 Å². The highest BCUT2D eigenvalue weighted by Crippen LogP contribution is 2.30. The Bertz CT molecular complexity index is 784. The number of benzene rings is 1. The lowest BCUT2D eigenvalue weighted by Crippen LogP contribution is -2.44. The standard InChI is InChI=1S/C16H16F3N3O3/c1-9(2)13(15(24)25)21-14(23)10-4-3-5-11(8-10)22-12(6-7-20-22)16(17,18)19/h3-9,13H,1-2H3,(H,21,23)(H,24,25)/t13-/m1/s1. The molecule has 0 spiro atoms. The molecular formula is C16H16F3N3O3. The molecule has 0 saturated carbocycles. The second kappa shape index (κ2) is 6.96. The molecule has 9 heteroatoms. The predicted molar refractivity (Wildman–Crippen MR) is 82.3 cm³/mol. The highest BCUT2D eigenvalue weighted by atomic mass is 19.4. The van der Waals surface area contributed by atoms with E-state index >= 15 is 0 Å². The van der Waals surface area contributed by atoms with Gasteiger partial charge in [-0.2, -0.15) is 18.3 Å². The summed E-state index contributed by atoms with van der Waals surface area (Å²) in [5.74, 6) is -2.23. The Morgan fingerprint density at radius 2 is 1.92 bits per heavy atom. The minimum atomic E-state index is -4.60. The number of hydrogen-bond acceptors (Lipinski definition) is 3. The Morgan fingerprint density at radius 1 is 1.24 bits per heavy atom. The van der Waals surface area contributed by atoms with Gasteiger partial charge in [-0.1, -0.05) is 19.9 Å². The average Bonchev–Trinajstić information content (AvgIpc) is 3.01. The molecule has 0 aliphatic rings. The molecule has 1 aromatic heterocycles. The molecule has 2 N–H and O–H groups in total. The first-order valence-corrected chi connectivity index (χ1v) is 7.36. The van der Waals surface area contributed by atoms with E-state index in [2.05, 4.69) is 10.4 Å². The van der Waals surface area contributed by atoms with Crippen LogP contribution in [-0.4, -0.2) is 32.8 Å². The van der Waals surface area contributed by atoms with E-state index in [-0.39, 0.29) is 17.2 Å². The first-order valence-electron chi connectivity index (χ1n) is 7.36. The molecule has 2 aromatic rings. The highest BCUT2D eigenvalue weighted by molar-refractivity contribution is 5.97. The van der Waals surface area contributed by atoms with Crippen LogP contribution >= 0.6 is 0 Å². The number of carbonyl (C=O) groups is 2. The molecule has 0 radical (unpaired) electrons. The van der Waals surface area contributed by atoms with E-state index < -0.39 is 29.8 Å². The van der Waals surface area contributed by atoms with Gasteiger partial charge in [0.1, 0.15) is 11.7 Å². The van der Waals surface area contributed by atoms with Crippen molar-refractivity contribution in [2.75, 3.05) is 0 Å². The zero-order valence-electron chi connectivity index (χ0n) is 13.4. The van der Waals surface area contributed by atoms with Crippen molar-refractivity contribution in [3.63, 3.8) is 0 Å². The van der Waals surface area contributed by atoms with Crippen molar-refractivity contribution in [2.45, 2.75) is 26.1 Å². The Hall–Kier alpha value is -2.84. The molecule has 1 atom stereocenters. The summed E-state index contributed by atoms with van der Waals surface area (Å²) in [6.07, 6.45) is -3.59. The Kier molecular flexibility index (Phi) is 5.15. The quantitative estimate of drug-likeness (QED) is 0.864. The first kappa shape index (κ1) is 18.5. The maximum Gasteiger partial charge on any atom is 0.433 e. The van der Waals surface area contributed by atoms with Gasteiger partial charge in [0, 0.05) is 5.56 Å². The number of rotatable bonds is 5. The van der Waals surface area contributed by atoms with E-state index in [4.69, 9.17) is 5.11 Å². The van der Waals surface area contributed by atoms with Crippen molar-refractivity contribution in [2.24, 2.45) is 5.92 Å². The summed E-state index contributed by atoms with van der Waals surface area (Å²) >= 11 is 0. The van der Waals surface area contributed by atoms with Crippen molar-refractivity contribution in [1.29, 1.82) is 0 Å². The lowest BCUT2D eigenvalue weighted by Gasteiger charge is -2.18. The molecule has 1 aromatic carbocycles. The second-order valence-electron chi connectivity index (χ2n) is 5.71. The molecule has 6 nitrogen and oxygen atoms in total. The molecule has 1 amide bonds. The van der Waals surface area contributed by atoms with Crippen LogP contribution in [0.25, 0.3) is 5.69 Å². The SMILES string of the molecule is CC(C)[C@@H](NC(=O)c1cccc(-n2nccc2C(F)(F)F)c1)C(=O)O. The van der Waals surface area contributed by atoms with Crippen molar-refractivity contribution in [3.8, 4) is 5.69 Å². The maximum absolute atomic E-state index is 13.0. The molecule has 0 bridgehead atoms. The number of aliphatic carboxylic acids is 1. The third-order valence-corrected chi connectivity index (χ3v) is 3.51. The summed E-state index contributed by atoms with van der Waals surface area (Å²) in [4.78, 5) is 23.4. The molecule has 1 heterocycles. The minimum absolute atomic E-state index is 0.0352. The van der Waals surface area contributed by atoms with Crippen molar-refractivity contribution >= 4 is 11.9 Å². The number of halogens is 3. The zero-order valence-corrected chi connectivity index (χ0v) is 13.4. The molecular weight excluding hydrogens is 339 g/mol. The largest absolute Gasteiger partial charge is 0.480 e. The number of carboxylic acids is 1. The Morgan fingerprint density at radius 3 is 2.48 bits per heavy atom. The van der Waals surface area contributed by atoms with Crippen molar-refractivity contribution < 1.29 is 27.9 Å². The van der Waals surface area contributed by atoms with Crippen molar-refractivity contribution in [3.05, 3.63) is 47.8 Å². The van der Waals surface area contributed by atoms with Crippen LogP contribution < -0.4 is 5.32 Å². The van der Waals surface area contributed by atoms with Gasteiger partial charge >= 0.3 is 12.1 Å². The number of alkyl halides is 3. The van der Waals surface area contributed by atoms with Gasteiger partial charge in [-0.15, -0.1) is 0 Å². The molecule has 25 heavy (non-hydrogen) atoms. The Labute approximate surface area is 141 Å². The monoisotopic (exact) mass is 355 g/mol. The smallest absolute Gasteiger partial charge is 0.433 e. The van der Waals surface area contributed by atoms with Gasteiger partial charge in [-0.05, 0) is 30.2 Å². The number of hydrogen-bond donors (Lipinski definition) is 2. The maximum atomic E-state index is 13.0. The Balaban J connectivity index is 2.32. The predicted octanol–water partition coefficient (Wildman–Crippen LogP) is 2.73. The number of amides is 1.